The zero-order valence-corrected chi connectivity index (χ0v) is 14.5. The van der Waals surface area contributed by atoms with E-state index in [-0.39, 0.29) is 5.91 Å². The number of amides is 1. The van der Waals surface area contributed by atoms with Gasteiger partial charge in [-0.2, -0.15) is 0 Å². The van der Waals surface area contributed by atoms with Crippen molar-refractivity contribution in [1.82, 2.24) is 0 Å². The number of hydrogen-bond acceptors (Lipinski definition) is 2. The van der Waals surface area contributed by atoms with E-state index in [4.69, 9.17) is 0 Å². The molecule has 0 saturated carbocycles. The third-order valence-corrected chi connectivity index (χ3v) is 4.08. The summed E-state index contributed by atoms with van der Waals surface area (Å²) in [5.41, 5.74) is 4.98. The molecule has 0 aliphatic heterocycles. The van der Waals surface area contributed by atoms with Crippen LogP contribution in [0.25, 0.3) is 0 Å². The molecule has 126 valence electrons. The lowest BCUT2D eigenvalue weighted by Gasteiger charge is -2.20. The Morgan fingerprint density at radius 3 is 1.80 bits per heavy atom. The molecule has 3 rings (SSSR count). The number of hydrogen-bond donors (Lipinski definition) is 2. The van der Waals surface area contributed by atoms with Crippen LogP contribution in [0.15, 0.2) is 78.9 Å². The normalized spacial score (nSPS) is 11.6. The van der Waals surface area contributed by atoms with Crippen molar-refractivity contribution < 1.29 is 4.79 Å². The molecule has 0 aromatic heterocycles. The highest BCUT2D eigenvalue weighted by molar-refractivity contribution is 5.97. The average molecular weight is 330 g/mol. The minimum absolute atomic E-state index is 0.0874. The Balaban J connectivity index is 1.83. The number of aryl methyl sites for hydroxylation is 2. The van der Waals surface area contributed by atoms with Crippen molar-refractivity contribution in [2.75, 3.05) is 10.6 Å². The van der Waals surface area contributed by atoms with E-state index in [9.17, 15) is 4.79 Å². The lowest BCUT2D eigenvalue weighted by atomic mass is 10.1. The van der Waals surface area contributed by atoms with Gasteiger partial charge in [-0.15, -0.1) is 0 Å². The third-order valence-electron chi connectivity index (χ3n) is 4.08. The number of carbonyl (C=O) groups is 1. The largest absolute Gasteiger partial charge is 0.370 e. The molecule has 0 fully saturated rings. The van der Waals surface area contributed by atoms with E-state index in [1.165, 1.54) is 5.56 Å². The molecule has 3 aromatic carbocycles. The van der Waals surface area contributed by atoms with Gasteiger partial charge in [0.25, 0.3) is 5.91 Å². The van der Waals surface area contributed by atoms with Crippen LogP contribution in [0.2, 0.25) is 0 Å². The maximum absolute atomic E-state index is 12.9. The smallest absolute Gasteiger partial charge is 0.251 e. The molecule has 0 saturated heterocycles. The highest BCUT2D eigenvalue weighted by Crippen LogP contribution is 2.22. The van der Waals surface area contributed by atoms with E-state index in [0.717, 1.165) is 22.5 Å². The predicted octanol–water partition coefficient (Wildman–Crippen LogP) is 5.10. The second kappa shape index (κ2) is 7.67. The van der Waals surface area contributed by atoms with Crippen molar-refractivity contribution in [3.05, 3.63) is 95.6 Å². The molecular formula is C22H22N2O. The van der Waals surface area contributed by atoms with Crippen molar-refractivity contribution in [3.63, 3.8) is 0 Å². The second-order valence-electron chi connectivity index (χ2n) is 6.21. The standard InChI is InChI=1S/C22H22N2O/c1-16-8-12-19(13-9-16)23-21(18-6-4-3-5-7-18)22(25)24-20-14-10-17(2)11-15-20/h3-15,21,23H,1-2H3,(H,24,25)/t21-/m1/s1. The van der Waals surface area contributed by atoms with Crippen LogP contribution >= 0.6 is 0 Å². The second-order valence-corrected chi connectivity index (χ2v) is 6.21. The van der Waals surface area contributed by atoms with Crippen molar-refractivity contribution in [2.24, 2.45) is 0 Å². The van der Waals surface area contributed by atoms with Gasteiger partial charge in [0, 0.05) is 11.4 Å². The van der Waals surface area contributed by atoms with E-state index in [0.29, 0.717) is 0 Å². The molecule has 0 heterocycles. The first-order chi connectivity index (χ1) is 12.1. The highest BCUT2D eigenvalue weighted by atomic mass is 16.2. The molecule has 3 heteroatoms. The van der Waals surface area contributed by atoms with Gasteiger partial charge < -0.3 is 10.6 Å². The first-order valence-corrected chi connectivity index (χ1v) is 8.37. The predicted molar refractivity (Wildman–Crippen MR) is 104 cm³/mol. The van der Waals surface area contributed by atoms with Gasteiger partial charge in [0.2, 0.25) is 0 Å². The van der Waals surface area contributed by atoms with Gasteiger partial charge in [-0.1, -0.05) is 65.7 Å². The van der Waals surface area contributed by atoms with Gasteiger partial charge in [-0.25, -0.2) is 0 Å². The van der Waals surface area contributed by atoms with Crippen LogP contribution < -0.4 is 10.6 Å². The fourth-order valence-electron chi connectivity index (χ4n) is 2.61. The number of rotatable bonds is 5. The highest BCUT2D eigenvalue weighted by Gasteiger charge is 2.20. The zero-order valence-electron chi connectivity index (χ0n) is 14.5. The summed E-state index contributed by atoms with van der Waals surface area (Å²) in [6.45, 7) is 4.07. The molecule has 0 spiro atoms. The molecule has 1 amide bonds. The summed E-state index contributed by atoms with van der Waals surface area (Å²) in [5.74, 6) is -0.0874. The van der Waals surface area contributed by atoms with Crippen LogP contribution in [0.1, 0.15) is 22.7 Å². The molecule has 3 aromatic rings. The van der Waals surface area contributed by atoms with Crippen LogP contribution in [-0.4, -0.2) is 5.91 Å². The number of nitrogens with one attached hydrogen (secondary N) is 2. The summed E-state index contributed by atoms with van der Waals surface area (Å²) in [7, 11) is 0. The minimum Gasteiger partial charge on any atom is -0.370 e. The van der Waals surface area contributed by atoms with E-state index >= 15 is 0 Å². The Hall–Kier alpha value is -3.07. The van der Waals surface area contributed by atoms with Crippen molar-refractivity contribution >= 4 is 17.3 Å². The molecule has 3 nitrogen and oxygen atoms in total. The Bertz CT molecular complexity index is 824. The zero-order chi connectivity index (χ0) is 17.6. The lowest BCUT2D eigenvalue weighted by Crippen LogP contribution is -2.27. The van der Waals surface area contributed by atoms with Gasteiger partial charge in [-0.3, -0.25) is 4.79 Å². The third kappa shape index (κ3) is 4.48. The Labute approximate surface area is 148 Å². The summed E-state index contributed by atoms with van der Waals surface area (Å²) in [6.07, 6.45) is 0. The van der Waals surface area contributed by atoms with Crippen LogP contribution in [-0.2, 0) is 4.79 Å². The average Bonchev–Trinajstić information content (AvgIpc) is 2.64. The van der Waals surface area contributed by atoms with Crippen LogP contribution in [0.4, 0.5) is 11.4 Å². The molecule has 0 aliphatic rings. The van der Waals surface area contributed by atoms with Gasteiger partial charge in [-0.05, 0) is 43.7 Å². The Morgan fingerprint density at radius 1 is 0.720 bits per heavy atom. The van der Waals surface area contributed by atoms with E-state index < -0.39 is 6.04 Å². The number of carbonyl (C=O) groups excluding carboxylic acids is 1. The number of anilines is 2. The molecule has 1 atom stereocenters. The molecule has 0 unspecified atom stereocenters. The monoisotopic (exact) mass is 330 g/mol. The fourth-order valence-corrected chi connectivity index (χ4v) is 2.61. The van der Waals surface area contributed by atoms with Gasteiger partial charge in [0.15, 0.2) is 0 Å². The summed E-state index contributed by atoms with van der Waals surface area (Å²) < 4.78 is 0. The van der Waals surface area contributed by atoms with Gasteiger partial charge >= 0.3 is 0 Å². The van der Waals surface area contributed by atoms with Crippen LogP contribution in [0, 0.1) is 13.8 Å². The summed E-state index contributed by atoms with van der Waals surface area (Å²) >= 11 is 0. The Morgan fingerprint density at radius 2 is 1.24 bits per heavy atom. The van der Waals surface area contributed by atoms with Crippen molar-refractivity contribution in [2.45, 2.75) is 19.9 Å². The SMILES string of the molecule is Cc1ccc(NC(=O)[C@H](Nc2ccc(C)cc2)c2ccccc2)cc1. The molecule has 25 heavy (non-hydrogen) atoms. The maximum atomic E-state index is 12.9. The van der Waals surface area contributed by atoms with Gasteiger partial charge in [0.05, 0.1) is 0 Å². The number of benzene rings is 3. The molecule has 0 aliphatic carbocycles. The van der Waals surface area contributed by atoms with Crippen molar-refractivity contribution in [3.8, 4) is 0 Å². The quantitative estimate of drug-likeness (QED) is 0.684. The first kappa shape index (κ1) is 16.8. The van der Waals surface area contributed by atoms with Crippen LogP contribution in [0.5, 0.6) is 0 Å². The van der Waals surface area contributed by atoms with E-state index in [1.807, 2.05) is 92.7 Å². The Kier molecular flexibility index (Phi) is 5.14. The van der Waals surface area contributed by atoms with E-state index in [2.05, 4.69) is 10.6 Å². The summed E-state index contributed by atoms with van der Waals surface area (Å²) in [4.78, 5) is 12.9. The minimum atomic E-state index is -0.467. The summed E-state index contributed by atoms with van der Waals surface area (Å²) in [5, 5.41) is 6.34. The van der Waals surface area contributed by atoms with Crippen LogP contribution in [0.3, 0.4) is 0 Å². The van der Waals surface area contributed by atoms with E-state index in [1.54, 1.807) is 0 Å². The molecule has 2 N–H and O–H groups in total. The molecule has 0 bridgehead atoms. The van der Waals surface area contributed by atoms with Crippen molar-refractivity contribution in [1.29, 1.82) is 0 Å². The maximum Gasteiger partial charge on any atom is 0.251 e. The summed E-state index contributed by atoms with van der Waals surface area (Å²) in [6, 6.07) is 25.1. The first-order valence-electron chi connectivity index (χ1n) is 8.37. The topological polar surface area (TPSA) is 41.1 Å². The van der Waals surface area contributed by atoms with Gasteiger partial charge in [0.1, 0.15) is 6.04 Å². The lowest BCUT2D eigenvalue weighted by molar-refractivity contribution is -0.117. The fraction of sp³-hybridized carbons (Fsp3) is 0.136. The molecule has 0 radical (unpaired) electrons. The molecular weight excluding hydrogens is 308 g/mol.